The van der Waals surface area contributed by atoms with E-state index >= 15 is 0 Å². The Morgan fingerprint density at radius 3 is 2.43 bits per heavy atom. The lowest BCUT2D eigenvalue weighted by molar-refractivity contribution is -0.146. The monoisotopic (exact) mass is 544 g/mol. The van der Waals surface area contributed by atoms with Gasteiger partial charge in [-0.15, -0.1) is 0 Å². The van der Waals surface area contributed by atoms with E-state index in [1.54, 1.807) is 44.2 Å². The summed E-state index contributed by atoms with van der Waals surface area (Å²) < 4.78 is 23.0. The first-order valence-corrected chi connectivity index (χ1v) is 13.8. The van der Waals surface area contributed by atoms with Crippen molar-refractivity contribution in [3.05, 3.63) is 63.4 Å². The number of aromatic amines is 1. The van der Waals surface area contributed by atoms with Crippen molar-refractivity contribution in [3.8, 4) is 5.75 Å². The number of aliphatic hydroxyl groups is 1. The Morgan fingerprint density at radius 2 is 1.84 bits per heavy atom. The van der Waals surface area contributed by atoms with Crippen molar-refractivity contribution < 1.29 is 33.3 Å². The molecule has 1 aliphatic heterocycles. The van der Waals surface area contributed by atoms with E-state index in [0.717, 1.165) is 10.6 Å². The highest BCUT2D eigenvalue weighted by atomic mass is 31.2. The zero-order chi connectivity index (χ0) is 28.0. The number of rotatable bonds is 10. The maximum atomic E-state index is 12.0. The summed E-state index contributed by atoms with van der Waals surface area (Å²) >= 11 is 0. The SMILES string of the molecule is CC.CC.CC(C)OC(=O)CN[P+](O)(OCC1CC(O)C(n2ccc(=O)[nH]c2=O)O1)Oc1ccccc1. The third-order valence-corrected chi connectivity index (χ3v) is 6.00. The van der Waals surface area contributed by atoms with Crippen LogP contribution in [0.25, 0.3) is 0 Å². The summed E-state index contributed by atoms with van der Waals surface area (Å²) in [4.78, 5) is 48.2. The Hall–Kier alpha value is -2.60. The van der Waals surface area contributed by atoms with Gasteiger partial charge in [0, 0.05) is 18.7 Å². The third kappa shape index (κ3) is 10.7. The number of hydrogen-bond acceptors (Lipinski definition) is 10. The number of nitrogens with one attached hydrogen (secondary N) is 2. The van der Waals surface area contributed by atoms with E-state index in [0.29, 0.717) is 5.75 Å². The molecule has 12 nitrogen and oxygen atoms in total. The maximum Gasteiger partial charge on any atom is 0.544 e. The molecule has 0 amide bonds. The Labute approximate surface area is 217 Å². The molecular weight excluding hydrogens is 505 g/mol. The Balaban J connectivity index is 0.00000163. The number of nitrogens with zero attached hydrogens (tertiary/aromatic N) is 1. The van der Waals surface area contributed by atoms with E-state index in [4.69, 9.17) is 18.5 Å². The van der Waals surface area contributed by atoms with E-state index in [1.165, 1.54) is 6.20 Å². The molecule has 1 fully saturated rings. The summed E-state index contributed by atoms with van der Waals surface area (Å²) in [5.74, 6) is -0.295. The minimum atomic E-state index is -3.80. The predicted molar refractivity (Wildman–Crippen MR) is 140 cm³/mol. The van der Waals surface area contributed by atoms with Crippen LogP contribution in [0.2, 0.25) is 0 Å². The number of aromatic nitrogens is 2. The second-order valence-electron chi connectivity index (χ2n) is 7.56. The number of carbonyl (C=O) groups is 1. The van der Waals surface area contributed by atoms with Gasteiger partial charge in [0.25, 0.3) is 5.56 Å². The summed E-state index contributed by atoms with van der Waals surface area (Å²) in [5.41, 5.74) is -1.30. The number of benzene rings is 1. The van der Waals surface area contributed by atoms with Gasteiger partial charge in [0.1, 0.15) is 19.3 Å². The normalized spacial score (nSPS) is 20.1. The molecular formula is C24H39N3O9P+. The highest BCUT2D eigenvalue weighted by molar-refractivity contribution is 7.58. The van der Waals surface area contributed by atoms with E-state index in [9.17, 15) is 24.4 Å². The fraction of sp³-hybridized carbons (Fsp3) is 0.542. The van der Waals surface area contributed by atoms with E-state index < -0.39 is 43.7 Å². The van der Waals surface area contributed by atoms with Gasteiger partial charge in [-0.1, -0.05) is 51.0 Å². The molecule has 208 valence electrons. The first kappa shape index (κ1) is 32.4. The molecule has 4 unspecified atom stereocenters. The average Bonchev–Trinajstić information content (AvgIpc) is 3.24. The van der Waals surface area contributed by atoms with Crippen LogP contribution in [-0.4, -0.2) is 57.0 Å². The van der Waals surface area contributed by atoms with Crippen LogP contribution in [0, 0.1) is 0 Å². The molecule has 4 atom stereocenters. The number of hydrogen-bond donors (Lipinski definition) is 4. The molecule has 0 saturated carbocycles. The summed E-state index contributed by atoms with van der Waals surface area (Å²) in [7, 11) is -3.80. The number of carbonyl (C=O) groups excluding carboxylic acids is 1. The Bertz CT molecular complexity index is 1050. The minimum absolute atomic E-state index is 0.0942. The minimum Gasteiger partial charge on any atom is -0.462 e. The van der Waals surface area contributed by atoms with Crippen molar-refractivity contribution in [1.82, 2.24) is 14.6 Å². The number of esters is 1. The smallest absolute Gasteiger partial charge is 0.462 e. The number of aliphatic hydroxyl groups excluding tert-OH is 1. The van der Waals surface area contributed by atoms with Gasteiger partial charge in [0.2, 0.25) is 0 Å². The third-order valence-electron chi connectivity index (χ3n) is 4.49. The first-order chi connectivity index (χ1) is 17.6. The molecule has 2 heterocycles. The van der Waals surface area contributed by atoms with Gasteiger partial charge in [-0.05, 0) is 26.0 Å². The fourth-order valence-corrected chi connectivity index (χ4v) is 4.41. The van der Waals surface area contributed by atoms with E-state index in [2.05, 4.69) is 10.1 Å². The highest BCUT2D eigenvalue weighted by Crippen LogP contribution is 2.52. The van der Waals surface area contributed by atoms with Gasteiger partial charge in [-0.3, -0.25) is 23.7 Å². The van der Waals surface area contributed by atoms with Crippen molar-refractivity contribution in [2.75, 3.05) is 13.2 Å². The molecule has 1 aliphatic rings. The summed E-state index contributed by atoms with van der Waals surface area (Å²) in [6.45, 7) is 10.8. The lowest BCUT2D eigenvalue weighted by Crippen LogP contribution is -2.35. The number of para-hydroxylation sites is 1. The van der Waals surface area contributed by atoms with Gasteiger partial charge in [0.15, 0.2) is 12.0 Å². The lowest BCUT2D eigenvalue weighted by atomic mass is 10.2. The molecule has 3 rings (SSSR count). The zero-order valence-electron chi connectivity index (χ0n) is 22.1. The van der Waals surface area contributed by atoms with Crippen LogP contribution in [0.1, 0.15) is 54.2 Å². The molecule has 1 saturated heterocycles. The fourth-order valence-electron chi connectivity index (χ4n) is 3.10. The van der Waals surface area contributed by atoms with Crippen LogP contribution >= 0.6 is 8.09 Å². The van der Waals surface area contributed by atoms with Crippen LogP contribution in [0.4, 0.5) is 0 Å². The van der Waals surface area contributed by atoms with Crippen molar-refractivity contribution in [2.24, 2.45) is 0 Å². The van der Waals surface area contributed by atoms with Gasteiger partial charge in [0.05, 0.1) is 12.2 Å². The van der Waals surface area contributed by atoms with Gasteiger partial charge < -0.3 is 14.6 Å². The van der Waals surface area contributed by atoms with Crippen LogP contribution in [0.5, 0.6) is 5.75 Å². The summed E-state index contributed by atoms with van der Waals surface area (Å²) in [5, 5.41) is 12.9. The molecule has 1 aromatic carbocycles. The second kappa shape index (κ2) is 16.3. The molecule has 2 aromatic rings. The van der Waals surface area contributed by atoms with Crippen LogP contribution in [0.3, 0.4) is 0 Å². The topological polar surface area (TPSA) is 161 Å². The van der Waals surface area contributed by atoms with E-state index in [1.807, 2.05) is 27.7 Å². The maximum absolute atomic E-state index is 12.0. The van der Waals surface area contributed by atoms with Crippen molar-refractivity contribution >= 4 is 14.1 Å². The molecule has 0 radical (unpaired) electrons. The zero-order valence-corrected chi connectivity index (χ0v) is 23.0. The lowest BCUT2D eigenvalue weighted by Gasteiger charge is -2.20. The molecule has 0 spiro atoms. The summed E-state index contributed by atoms with van der Waals surface area (Å²) in [6, 6.07) is 9.53. The molecule has 4 N–H and O–H groups in total. The van der Waals surface area contributed by atoms with Gasteiger partial charge >= 0.3 is 19.8 Å². The first-order valence-electron chi connectivity index (χ1n) is 12.3. The second-order valence-corrected chi connectivity index (χ2v) is 9.36. The number of ether oxygens (including phenoxy) is 2. The van der Waals surface area contributed by atoms with Crippen molar-refractivity contribution in [3.63, 3.8) is 0 Å². The highest BCUT2D eigenvalue weighted by Gasteiger charge is 2.46. The van der Waals surface area contributed by atoms with Crippen LogP contribution in [-0.2, 0) is 18.8 Å². The Morgan fingerprint density at radius 1 is 1.19 bits per heavy atom. The molecule has 1 aromatic heterocycles. The standard InChI is InChI=1S/C20H26N3O9P.2C2H6/c1-13(2)30-18(26)11-21-33(28,32-14-6-4-3-5-7-14)29-12-15-10-16(24)19(31-15)23-9-8-17(25)22-20(23)27;2*1-2/h3-9,13,15-16,19,21,24,28H,10-12H2,1-2H3;2*1-2H3/p+1. The van der Waals surface area contributed by atoms with Crippen molar-refractivity contribution in [1.29, 1.82) is 0 Å². The molecule has 13 heteroatoms. The van der Waals surface area contributed by atoms with Crippen LogP contribution < -0.4 is 20.9 Å². The number of H-pyrrole nitrogens is 1. The van der Waals surface area contributed by atoms with Crippen LogP contribution in [0.15, 0.2) is 52.2 Å². The molecule has 37 heavy (non-hydrogen) atoms. The van der Waals surface area contributed by atoms with E-state index in [-0.39, 0.29) is 25.7 Å². The predicted octanol–water partition coefficient (Wildman–Crippen LogP) is 2.54. The molecule has 0 bridgehead atoms. The average molecular weight is 545 g/mol. The summed E-state index contributed by atoms with van der Waals surface area (Å²) in [6.07, 6.45) is -1.82. The largest absolute Gasteiger partial charge is 0.544 e. The Kier molecular flexibility index (Phi) is 14.3. The molecule has 0 aliphatic carbocycles. The van der Waals surface area contributed by atoms with Crippen molar-refractivity contribution in [2.45, 2.75) is 72.5 Å². The quantitative estimate of drug-likeness (QED) is 0.258. The van der Waals surface area contributed by atoms with Gasteiger partial charge in [-0.2, -0.15) is 9.42 Å². The van der Waals surface area contributed by atoms with Gasteiger partial charge in [-0.25, -0.2) is 4.79 Å².